The lowest BCUT2D eigenvalue weighted by Crippen LogP contribution is -2.43. The summed E-state index contributed by atoms with van der Waals surface area (Å²) in [5, 5.41) is 9.83. The standard InChI is InChI=1S/C11H18N4O/c1-7-3-4-15(6-9(7)16)11-5-10(12)13-8(2)14-11/h5,7,9,16H,3-4,6H2,1-2H3,(H2,12,13,14). The van der Waals surface area contributed by atoms with Crippen LogP contribution in [0.4, 0.5) is 11.6 Å². The molecule has 1 aliphatic rings. The number of nitrogens with two attached hydrogens (primary N) is 1. The Kier molecular flexibility index (Phi) is 2.96. The van der Waals surface area contributed by atoms with Gasteiger partial charge in [0.2, 0.25) is 0 Å². The van der Waals surface area contributed by atoms with Crippen LogP contribution in [-0.4, -0.2) is 34.3 Å². The predicted octanol–water partition coefficient (Wildman–Crippen LogP) is 0.574. The van der Waals surface area contributed by atoms with Crippen LogP contribution in [0.3, 0.4) is 0 Å². The molecule has 88 valence electrons. The van der Waals surface area contributed by atoms with Crippen LogP contribution < -0.4 is 10.6 Å². The molecular weight excluding hydrogens is 204 g/mol. The summed E-state index contributed by atoms with van der Waals surface area (Å²) < 4.78 is 0. The van der Waals surface area contributed by atoms with Crippen molar-refractivity contribution in [2.24, 2.45) is 5.92 Å². The fourth-order valence-electron chi connectivity index (χ4n) is 1.99. The maximum atomic E-state index is 9.83. The summed E-state index contributed by atoms with van der Waals surface area (Å²) in [6.45, 7) is 5.43. The first-order chi connectivity index (χ1) is 7.56. The SMILES string of the molecule is Cc1nc(N)cc(N2CCC(C)C(O)C2)n1. The van der Waals surface area contributed by atoms with E-state index in [1.807, 2.05) is 6.92 Å². The molecule has 0 bridgehead atoms. The highest BCUT2D eigenvalue weighted by Crippen LogP contribution is 2.22. The monoisotopic (exact) mass is 222 g/mol. The van der Waals surface area contributed by atoms with Gasteiger partial charge in [0.15, 0.2) is 0 Å². The molecule has 1 fully saturated rings. The van der Waals surface area contributed by atoms with Gasteiger partial charge < -0.3 is 15.7 Å². The first-order valence-corrected chi connectivity index (χ1v) is 5.60. The van der Waals surface area contributed by atoms with Gasteiger partial charge in [-0.2, -0.15) is 0 Å². The maximum Gasteiger partial charge on any atom is 0.134 e. The second-order valence-electron chi connectivity index (χ2n) is 4.48. The van der Waals surface area contributed by atoms with Gasteiger partial charge in [-0.05, 0) is 19.3 Å². The average Bonchev–Trinajstić information content (AvgIpc) is 2.20. The van der Waals surface area contributed by atoms with Crippen LogP contribution in [0, 0.1) is 12.8 Å². The van der Waals surface area contributed by atoms with Crippen molar-refractivity contribution >= 4 is 11.6 Å². The second kappa shape index (κ2) is 4.25. The van der Waals surface area contributed by atoms with Crippen LogP contribution in [0.1, 0.15) is 19.2 Å². The van der Waals surface area contributed by atoms with E-state index in [0.29, 0.717) is 24.1 Å². The smallest absolute Gasteiger partial charge is 0.134 e. The zero-order valence-electron chi connectivity index (χ0n) is 9.72. The van der Waals surface area contributed by atoms with Gasteiger partial charge >= 0.3 is 0 Å². The van der Waals surface area contributed by atoms with Gasteiger partial charge in [-0.3, -0.25) is 0 Å². The lowest BCUT2D eigenvalue weighted by molar-refractivity contribution is 0.102. The van der Waals surface area contributed by atoms with Crippen molar-refractivity contribution in [3.8, 4) is 0 Å². The first kappa shape index (κ1) is 11.1. The summed E-state index contributed by atoms with van der Waals surface area (Å²) in [6, 6.07) is 1.76. The molecule has 1 aromatic rings. The van der Waals surface area contributed by atoms with E-state index in [1.165, 1.54) is 0 Å². The third kappa shape index (κ3) is 2.24. The molecule has 2 unspecified atom stereocenters. The fourth-order valence-corrected chi connectivity index (χ4v) is 1.99. The van der Waals surface area contributed by atoms with Gasteiger partial charge in [0, 0.05) is 19.2 Å². The Labute approximate surface area is 95.3 Å². The summed E-state index contributed by atoms with van der Waals surface area (Å²) in [5.41, 5.74) is 5.69. The van der Waals surface area contributed by atoms with Crippen molar-refractivity contribution in [1.29, 1.82) is 0 Å². The highest BCUT2D eigenvalue weighted by molar-refractivity contribution is 5.47. The molecule has 0 amide bonds. The number of aryl methyl sites for hydroxylation is 1. The number of aliphatic hydroxyl groups excluding tert-OH is 1. The number of piperidine rings is 1. The van der Waals surface area contributed by atoms with Gasteiger partial charge in [0.05, 0.1) is 6.10 Å². The summed E-state index contributed by atoms with van der Waals surface area (Å²) in [6.07, 6.45) is 0.690. The van der Waals surface area contributed by atoms with Gasteiger partial charge in [-0.15, -0.1) is 0 Å². The van der Waals surface area contributed by atoms with Crippen molar-refractivity contribution in [3.05, 3.63) is 11.9 Å². The third-order valence-corrected chi connectivity index (χ3v) is 3.09. The molecule has 1 aliphatic heterocycles. The minimum Gasteiger partial charge on any atom is -0.391 e. The van der Waals surface area contributed by atoms with Crippen molar-refractivity contribution in [2.45, 2.75) is 26.4 Å². The predicted molar refractivity (Wildman–Crippen MR) is 63.2 cm³/mol. The minimum absolute atomic E-state index is 0.287. The normalized spacial score (nSPS) is 25.8. The van der Waals surface area contributed by atoms with Crippen LogP contribution in [0.5, 0.6) is 0 Å². The molecule has 5 heteroatoms. The van der Waals surface area contributed by atoms with Gasteiger partial charge in [0.1, 0.15) is 17.5 Å². The quantitative estimate of drug-likeness (QED) is 0.726. The minimum atomic E-state index is -0.287. The van der Waals surface area contributed by atoms with Crippen LogP contribution in [0.2, 0.25) is 0 Å². The molecule has 1 saturated heterocycles. The summed E-state index contributed by atoms with van der Waals surface area (Å²) in [5.74, 6) is 2.33. The van der Waals surface area contributed by atoms with E-state index >= 15 is 0 Å². The van der Waals surface area contributed by atoms with E-state index in [4.69, 9.17) is 5.73 Å². The number of anilines is 2. The van der Waals surface area contributed by atoms with Crippen LogP contribution >= 0.6 is 0 Å². The molecule has 0 spiro atoms. The molecule has 5 nitrogen and oxygen atoms in total. The highest BCUT2D eigenvalue weighted by Gasteiger charge is 2.25. The molecule has 16 heavy (non-hydrogen) atoms. The lowest BCUT2D eigenvalue weighted by atomic mass is 9.96. The van der Waals surface area contributed by atoms with Crippen molar-refractivity contribution in [3.63, 3.8) is 0 Å². The Hall–Kier alpha value is -1.36. The van der Waals surface area contributed by atoms with E-state index in [2.05, 4.69) is 21.8 Å². The summed E-state index contributed by atoms with van der Waals surface area (Å²) in [4.78, 5) is 10.4. The van der Waals surface area contributed by atoms with E-state index in [-0.39, 0.29) is 6.10 Å². The number of hydrogen-bond donors (Lipinski definition) is 2. The van der Waals surface area contributed by atoms with Crippen LogP contribution in [0.25, 0.3) is 0 Å². The molecule has 1 aromatic heterocycles. The number of aromatic nitrogens is 2. The van der Waals surface area contributed by atoms with Gasteiger partial charge in [0.25, 0.3) is 0 Å². The molecule has 2 heterocycles. The molecule has 2 rings (SSSR count). The number of hydrogen-bond acceptors (Lipinski definition) is 5. The molecule has 0 radical (unpaired) electrons. The van der Waals surface area contributed by atoms with Crippen LogP contribution in [-0.2, 0) is 0 Å². The molecule has 2 atom stereocenters. The Morgan fingerprint density at radius 3 is 2.88 bits per heavy atom. The van der Waals surface area contributed by atoms with Gasteiger partial charge in [-0.1, -0.05) is 6.92 Å². The molecule has 0 aromatic carbocycles. The maximum absolute atomic E-state index is 9.83. The van der Waals surface area contributed by atoms with E-state index in [1.54, 1.807) is 6.07 Å². The van der Waals surface area contributed by atoms with E-state index < -0.39 is 0 Å². The zero-order valence-corrected chi connectivity index (χ0v) is 9.72. The molecule has 0 saturated carbocycles. The van der Waals surface area contributed by atoms with Crippen molar-refractivity contribution in [1.82, 2.24) is 9.97 Å². The third-order valence-electron chi connectivity index (χ3n) is 3.09. The second-order valence-corrected chi connectivity index (χ2v) is 4.48. The number of β-amino-alcohol motifs (C(OH)–C–C–N with tert-alkyl or cyclic N) is 1. The molecule has 3 N–H and O–H groups in total. The lowest BCUT2D eigenvalue weighted by Gasteiger charge is -2.35. The Morgan fingerprint density at radius 1 is 1.50 bits per heavy atom. The topological polar surface area (TPSA) is 75.3 Å². The largest absolute Gasteiger partial charge is 0.391 e. The Bertz CT molecular complexity index is 362. The fraction of sp³-hybridized carbons (Fsp3) is 0.636. The van der Waals surface area contributed by atoms with Gasteiger partial charge in [-0.25, -0.2) is 9.97 Å². The number of nitrogen functional groups attached to an aromatic ring is 1. The van der Waals surface area contributed by atoms with Crippen LogP contribution in [0.15, 0.2) is 6.07 Å². The molecule has 0 aliphatic carbocycles. The Morgan fingerprint density at radius 2 is 2.25 bits per heavy atom. The number of nitrogens with zero attached hydrogens (tertiary/aromatic N) is 3. The van der Waals surface area contributed by atoms with E-state index in [9.17, 15) is 5.11 Å². The number of aliphatic hydroxyl groups is 1. The average molecular weight is 222 g/mol. The van der Waals surface area contributed by atoms with E-state index in [0.717, 1.165) is 18.8 Å². The highest BCUT2D eigenvalue weighted by atomic mass is 16.3. The first-order valence-electron chi connectivity index (χ1n) is 5.60. The Balaban J connectivity index is 2.18. The van der Waals surface area contributed by atoms with Crippen molar-refractivity contribution in [2.75, 3.05) is 23.7 Å². The summed E-state index contributed by atoms with van der Waals surface area (Å²) >= 11 is 0. The summed E-state index contributed by atoms with van der Waals surface area (Å²) in [7, 11) is 0. The number of rotatable bonds is 1. The zero-order chi connectivity index (χ0) is 11.7. The molecular formula is C11H18N4O. The van der Waals surface area contributed by atoms with Crippen molar-refractivity contribution < 1.29 is 5.11 Å².